The number of aromatic nitrogens is 2. The van der Waals surface area contributed by atoms with Gasteiger partial charge in [-0.2, -0.15) is 4.98 Å². The van der Waals surface area contributed by atoms with Crippen LogP contribution in [0.3, 0.4) is 0 Å². The van der Waals surface area contributed by atoms with Crippen molar-refractivity contribution in [3.05, 3.63) is 40.6 Å². The summed E-state index contributed by atoms with van der Waals surface area (Å²) >= 11 is 0. The Balaban J connectivity index is 2.09. The van der Waals surface area contributed by atoms with Crippen LogP contribution >= 0.6 is 7.60 Å². The van der Waals surface area contributed by atoms with Crippen LogP contribution in [0, 0.1) is 6.92 Å². The number of nitrogens with two attached hydrogens (primary N) is 1. The minimum atomic E-state index is -4.08. The number of hydrogen-bond donors (Lipinski definition) is 4. The maximum atomic E-state index is 12.1. The second kappa shape index (κ2) is 12.5. The first kappa shape index (κ1) is 26.6. The Morgan fingerprint density at radius 2 is 2.00 bits per heavy atom. The van der Waals surface area contributed by atoms with Gasteiger partial charge in [-0.3, -0.25) is 9.36 Å². The lowest BCUT2D eigenvalue weighted by Gasteiger charge is -2.16. The van der Waals surface area contributed by atoms with Gasteiger partial charge in [-0.15, -0.1) is 0 Å². The molecule has 1 aromatic heterocycles. The van der Waals surface area contributed by atoms with Crippen molar-refractivity contribution in [3.63, 3.8) is 0 Å². The van der Waals surface area contributed by atoms with E-state index in [1.54, 1.807) is 13.2 Å². The SMILES string of the molecule is CCCCNc1nc(N)nc(C)c1Cc1ccc(CC(=O)OCCCP(=O)(O)O)cc1OC. The summed E-state index contributed by atoms with van der Waals surface area (Å²) in [6.07, 6.45) is 2.42. The van der Waals surface area contributed by atoms with Crippen molar-refractivity contribution >= 4 is 25.3 Å². The molecule has 0 bridgehead atoms. The van der Waals surface area contributed by atoms with E-state index in [9.17, 15) is 9.36 Å². The lowest BCUT2D eigenvalue weighted by molar-refractivity contribution is -0.142. The van der Waals surface area contributed by atoms with Crippen LogP contribution in [0.1, 0.15) is 48.6 Å². The molecule has 0 aliphatic heterocycles. The molecule has 0 fully saturated rings. The molecule has 0 unspecified atom stereocenters. The first-order valence-electron chi connectivity index (χ1n) is 10.9. The molecule has 10 nitrogen and oxygen atoms in total. The summed E-state index contributed by atoms with van der Waals surface area (Å²) in [6, 6.07) is 5.50. The van der Waals surface area contributed by atoms with Gasteiger partial charge < -0.3 is 30.3 Å². The van der Waals surface area contributed by atoms with Crippen molar-refractivity contribution in [1.82, 2.24) is 9.97 Å². The van der Waals surface area contributed by atoms with Crippen LogP contribution in [0.25, 0.3) is 0 Å². The Hall–Kier alpha value is -2.68. The van der Waals surface area contributed by atoms with Gasteiger partial charge in [0.05, 0.1) is 26.3 Å². The van der Waals surface area contributed by atoms with Gasteiger partial charge in [0, 0.05) is 24.2 Å². The number of benzene rings is 1. The third-order valence-corrected chi connectivity index (χ3v) is 5.88. The Bertz CT molecular complexity index is 995. The molecule has 2 aromatic rings. The summed E-state index contributed by atoms with van der Waals surface area (Å²) < 4.78 is 21.5. The van der Waals surface area contributed by atoms with Crippen LogP contribution in [0.2, 0.25) is 0 Å². The molecule has 1 heterocycles. The number of methoxy groups -OCH3 is 1. The fourth-order valence-corrected chi connectivity index (χ4v) is 3.81. The topological polar surface area (TPSA) is 157 Å². The summed E-state index contributed by atoms with van der Waals surface area (Å²) in [6.45, 7) is 4.75. The van der Waals surface area contributed by atoms with Gasteiger partial charge in [0.2, 0.25) is 5.95 Å². The Kier molecular flexibility index (Phi) is 10.1. The molecular weight excluding hydrogens is 447 g/mol. The van der Waals surface area contributed by atoms with Crippen LogP contribution in [-0.2, 0) is 26.9 Å². The van der Waals surface area contributed by atoms with Crippen LogP contribution in [-0.4, -0.2) is 52.1 Å². The fourth-order valence-electron chi connectivity index (χ4n) is 3.27. The standard InChI is InChI=1S/C22H33N4O6P/c1-4-5-9-24-21-18(15(2)25-22(23)26-21)14-17-8-7-16(12-19(17)31-3)13-20(27)32-10-6-11-33(28,29)30/h7-8,12H,4-6,9-11,13-14H2,1-3H3,(H2,28,29,30)(H3,23,24,25,26). The monoisotopic (exact) mass is 480 g/mol. The highest BCUT2D eigenvalue weighted by molar-refractivity contribution is 7.51. The number of carbonyl (C=O) groups excluding carboxylic acids is 1. The number of aryl methyl sites for hydroxylation is 1. The zero-order valence-electron chi connectivity index (χ0n) is 19.3. The number of rotatable bonds is 13. The molecular formula is C22H33N4O6P. The van der Waals surface area contributed by atoms with Crippen LogP contribution in [0.5, 0.6) is 5.75 Å². The molecule has 0 spiro atoms. The number of unbranched alkanes of at least 4 members (excludes halogenated alkanes) is 1. The summed E-state index contributed by atoms with van der Waals surface area (Å²) in [5.41, 5.74) is 9.17. The second-order valence-electron chi connectivity index (χ2n) is 7.74. The van der Waals surface area contributed by atoms with Crippen molar-refractivity contribution in [2.24, 2.45) is 0 Å². The van der Waals surface area contributed by atoms with E-state index in [1.165, 1.54) is 0 Å². The molecule has 1 aromatic carbocycles. The first-order chi connectivity index (χ1) is 15.6. The van der Waals surface area contributed by atoms with Gasteiger partial charge in [-0.25, -0.2) is 4.98 Å². The maximum absolute atomic E-state index is 12.1. The van der Waals surface area contributed by atoms with Gasteiger partial charge in [-0.1, -0.05) is 25.5 Å². The number of esters is 1. The smallest absolute Gasteiger partial charge is 0.325 e. The van der Waals surface area contributed by atoms with E-state index in [1.807, 2.05) is 19.1 Å². The largest absolute Gasteiger partial charge is 0.496 e. The molecule has 0 radical (unpaired) electrons. The third-order valence-electron chi connectivity index (χ3n) is 4.98. The van der Waals surface area contributed by atoms with Crippen molar-refractivity contribution in [1.29, 1.82) is 0 Å². The number of carbonyl (C=O) groups is 1. The van der Waals surface area contributed by atoms with Gasteiger partial charge in [0.1, 0.15) is 11.6 Å². The molecule has 5 N–H and O–H groups in total. The lowest BCUT2D eigenvalue weighted by Crippen LogP contribution is -2.12. The Morgan fingerprint density at radius 1 is 1.24 bits per heavy atom. The molecule has 0 atom stereocenters. The van der Waals surface area contributed by atoms with Crippen LogP contribution in [0.15, 0.2) is 18.2 Å². The van der Waals surface area contributed by atoms with Gasteiger partial charge >= 0.3 is 13.6 Å². The van der Waals surface area contributed by atoms with Gasteiger partial charge in [-0.05, 0) is 37.0 Å². The summed E-state index contributed by atoms with van der Waals surface area (Å²) in [5, 5.41) is 3.34. The highest BCUT2D eigenvalue weighted by Gasteiger charge is 2.16. The van der Waals surface area contributed by atoms with Gasteiger partial charge in [0.25, 0.3) is 0 Å². The van der Waals surface area contributed by atoms with E-state index in [4.69, 9.17) is 25.0 Å². The number of ether oxygens (including phenoxy) is 2. The zero-order chi connectivity index (χ0) is 24.4. The number of nitrogens with one attached hydrogen (secondary N) is 1. The van der Waals surface area contributed by atoms with E-state index in [0.29, 0.717) is 23.6 Å². The zero-order valence-corrected chi connectivity index (χ0v) is 20.2. The molecule has 0 amide bonds. The highest BCUT2D eigenvalue weighted by atomic mass is 31.2. The van der Waals surface area contributed by atoms with E-state index < -0.39 is 13.6 Å². The van der Waals surface area contributed by atoms with E-state index >= 15 is 0 Å². The molecule has 11 heteroatoms. The Labute approximate surface area is 194 Å². The van der Waals surface area contributed by atoms with Crippen molar-refractivity contribution < 1.29 is 28.6 Å². The highest BCUT2D eigenvalue weighted by Crippen LogP contribution is 2.34. The molecule has 0 saturated carbocycles. The quantitative estimate of drug-likeness (QED) is 0.191. The molecule has 0 aliphatic rings. The minimum absolute atomic E-state index is 0.0282. The molecule has 0 saturated heterocycles. The van der Waals surface area contributed by atoms with E-state index in [0.717, 1.165) is 36.2 Å². The average Bonchev–Trinajstić information content (AvgIpc) is 2.73. The fraction of sp³-hybridized carbons (Fsp3) is 0.500. The number of hydrogen-bond acceptors (Lipinski definition) is 8. The summed E-state index contributed by atoms with van der Waals surface area (Å²) in [5.74, 6) is 1.08. The number of nitrogens with zero attached hydrogens (tertiary/aromatic N) is 2. The lowest BCUT2D eigenvalue weighted by atomic mass is 10.0. The Morgan fingerprint density at radius 3 is 2.67 bits per heavy atom. The van der Waals surface area contributed by atoms with Crippen molar-refractivity contribution in [3.8, 4) is 5.75 Å². The first-order valence-corrected chi connectivity index (χ1v) is 12.7. The van der Waals surface area contributed by atoms with Crippen LogP contribution < -0.4 is 15.8 Å². The molecule has 2 rings (SSSR count). The van der Waals surface area contributed by atoms with E-state index in [-0.39, 0.29) is 31.6 Å². The second-order valence-corrected chi connectivity index (χ2v) is 9.51. The van der Waals surface area contributed by atoms with Crippen LogP contribution in [0.4, 0.5) is 11.8 Å². The summed E-state index contributed by atoms with van der Waals surface area (Å²) in [7, 11) is -2.52. The van der Waals surface area contributed by atoms with E-state index in [2.05, 4.69) is 22.2 Å². The van der Waals surface area contributed by atoms with Crippen molar-refractivity contribution in [2.75, 3.05) is 37.5 Å². The predicted octanol–water partition coefficient (Wildman–Crippen LogP) is 2.83. The summed E-state index contributed by atoms with van der Waals surface area (Å²) in [4.78, 5) is 38.4. The third kappa shape index (κ3) is 9.00. The normalized spacial score (nSPS) is 11.3. The predicted molar refractivity (Wildman–Crippen MR) is 127 cm³/mol. The maximum Gasteiger partial charge on any atom is 0.325 e. The molecule has 0 aliphatic carbocycles. The molecule has 33 heavy (non-hydrogen) atoms. The number of anilines is 2. The van der Waals surface area contributed by atoms with Gasteiger partial charge in [0.15, 0.2) is 0 Å². The van der Waals surface area contributed by atoms with Crippen molar-refractivity contribution in [2.45, 2.75) is 46.0 Å². The minimum Gasteiger partial charge on any atom is -0.496 e. The number of nitrogen functional groups attached to an aromatic ring is 1. The average molecular weight is 481 g/mol. The molecule has 182 valence electrons.